The summed E-state index contributed by atoms with van der Waals surface area (Å²) in [7, 11) is 0. The molecule has 7 N–H and O–H groups in total. The van der Waals surface area contributed by atoms with Crippen molar-refractivity contribution < 1.29 is 69.0 Å². The van der Waals surface area contributed by atoms with Crippen molar-refractivity contribution in [1.29, 1.82) is 0 Å². The minimum Gasteiger partial charge on any atom is -0.457 e. The first-order chi connectivity index (χ1) is 27.1. The van der Waals surface area contributed by atoms with E-state index < -0.39 is 80.7 Å². The molecule has 0 saturated carbocycles. The van der Waals surface area contributed by atoms with E-state index in [2.05, 4.69) is 13.8 Å². The van der Waals surface area contributed by atoms with Crippen molar-refractivity contribution in [1.82, 2.24) is 0 Å². The van der Waals surface area contributed by atoms with E-state index in [0.29, 0.717) is 13.0 Å². The van der Waals surface area contributed by atoms with Gasteiger partial charge in [-0.1, -0.05) is 142 Å². The summed E-state index contributed by atoms with van der Waals surface area (Å²) in [6.07, 6.45) is 10.4. The lowest BCUT2D eigenvalue weighted by Gasteiger charge is -2.42. The lowest BCUT2D eigenvalue weighted by molar-refractivity contribution is -0.332. The van der Waals surface area contributed by atoms with Crippen molar-refractivity contribution in [3.05, 3.63) is 0 Å². The third kappa shape index (κ3) is 20.8. The highest BCUT2D eigenvalue weighted by Crippen LogP contribution is 2.26. The van der Waals surface area contributed by atoms with Crippen molar-refractivity contribution in [2.45, 2.75) is 229 Å². The molecule has 2 aliphatic rings. The molecule has 2 rings (SSSR count). The van der Waals surface area contributed by atoms with Crippen LogP contribution in [0.4, 0.5) is 0 Å². The summed E-state index contributed by atoms with van der Waals surface area (Å²) in [5.41, 5.74) is 0. The van der Waals surface area contributed by atoms with Gasteiger partial charge in [0.05, 0.1) is 26.4 Å². The lowest BCUT2D eigenvalue weighted by atomic mass is 9.98. The van der Waals surface area contributed by atoms with Gasteiger partial charge in [0.2, 0.25) is 0 Å². The molecule has 11 unspecified atom stereocenters. The third-order valence-corrected chi connectivity index (χ3v) is 10.9. The number of aliphatic hydroxyl groups is 7. The fourth-order valence-electron chi connectivity index (χ4n) is 7.17. The Morgan fingerprint density at radius 2 is 0.946 bits per heavy atom. The first-order valence-electron chi connectivity index (χ1n) is 22.1. The van der Waals surface area contributed by atoms with E-state index >= 15 is 0 Å². The third-order valence-electron chi connectivity index (χ3n) is 10.9. The Hall–Kier alpha value is -1.01. The minimum atomic E-state index is -1.70. The minimum absolute atomic E-state index is 0.0689. The highest BCUT2D eigenvalue weighted by molar-refractivity contribution is 5.69. The van der Waals surface area contributed by atoms with Gasteiger partial charge in [-0.25, -0.2) is 0 Å². The molecule has 14 heteroatoms. The van der Waals surface area contributed by atoms with Crippen LogP contribution in [-0.4, -0.2) is 142 Å². The van der Waals surface area contributed by atoms with Gasteiger partial charge in [0.1, 0.15) is 54.9 Å². The molecule has 0 radical (unpaired) electrons. The van der Waals surface area contributed by atoms with Gasteiger partial charge in [-0.2, -0.15) is 0 Å². The van der Waals surface area contributed by atoms with Crippen molar-refractivity contribution in [2.24, 2.45) is 0 Å². The molecule has 56 heavy (non-hydrogen) atoms. The second-order valence-corrected chi connectivity index (χ2v) is 15.9. The van der Waals surface area contributed by atoms with E-state index in [1.165, 1.54) is 96.3 Å². The molecule has 0 amide bonds. The van der Waals surface area contributed by atoms with E-state index in [9.17, 15) is 40.5 Å². The molecule has 2 aliphatic heterocycles. The van der Waals surface area contributed by atoms with Gasteiger partial charge < -0.3 is 64.2 Å². The zero-order valence-electron chi connectivity index (χ0n) is 34.6. The maximum absolute atomic E-state index is 12.9. The predicted octanol–water partition coefficient (Wildman–Crippen LogP) is 4.57. The summed E-state index contributed by atoms with van der Waals surface area (Å²) in [5, 5.41) is 71.7. The van der Waals surface area contributed by atoms with Gasteiger partial charge in [0, 0.05) is 13.0 Å². The molecule has 2 fully saturated rings. The normalized spacial score (nSPS) is 28.7. The number of rotatable bonds is 34. The molecule has 14 nitrogen and oxygen atoms in total. The average molecular weight is 809 g/mol. The number of esters is 1. The monoisotopic (exact) mass is 809 g/mol. The Kier molecular flexibility index (Phi) is 29.1. The van der Waals surface area contributed by atoms with Gasteiger partial charge in [-0.05, 0) is 12.8 Å². The number of carbonyl (C=O) groups excluding carboxylic acids is 1. The Balaban J connectivity index is 1.83. The van der Waals surface area contributed by atoms with Crippen LogP contribution in [0.2, 0.25) is 0 Å². The molecule has 332 valence electrons. The summed E-state index contributed by atoms with van der Waals surface area (Å²) in [6.45, 7) is 3.67. The number of hydrogen-bond acceptors (Lipinski definition) is 14. The topological polar surface area (TPSA) is 214 Å². The Morgan fingerprint density at radius 1 is 0.518 bits per heavy atom. The maximum atomic E-state index is 12.9. The van der Waals surface area contributed by atoms with Gasteiger partial charge >= 0.3 is 5.97 Å². The van der Waals surface area contributed by atoms with E-state index in [4.69, 9.17) is 28.4 Å². The van der Waals surface area contributed by atoms with Crippen LogP contribution in [0.15, 0.2) is 0 Å². The molecular weight excluding hydrogens is 728 g/mol. The molecule has 0 aliphatic carbocycles. The van der Waals surface area contributed by atoms with Crippen LogP contribution < -0.4 is 0 Å². The Bertz CT molecular complexity index is 943. The van der Waals surface area contributed by atoms with Gasteiger partial charge in [-0.15, -0.1) is 0 Å². The molecular formula is C42H80O14. The molecule has 0 aromatic rings. The van der Waals surface area contributed by atoms with Crippen LogP contribution in [0.5, 0.6) is 0 Å². The zero-order valence-corrected chi connectivity index (χ0v) is 34.6. The van der Waals surface area contributed by atoms with Crippen LogP contribution in [-0.2, 0) is 33.2 Å². The molecule has 0 bridgehead atoms. The van der Waals surface area contributed by atoms with Crippen LogP contribution in [0.1, 0.15) is 162 Å². The number of carbonyl (C=O) groups is 1. The summed E-state index contributed by atoms with van der Waals surface area (Å²) in [6, 6.07) is 0. The summed E-state index contributed by atoms with van der Waals surface area (Å²) >= 11 is 0. The zero-order chi connectivity index (χ0) is 41.0. The van der Waals surface area contributed by atoms with Crippen LogP contribution in [0.25, 0.3) is 0 Å². The highest BCUT2D eigenvalue weighted by atomic mass is 16.7. The van der Waals surface area contributed by atoms with Gasteiger partial charge in [0.25, 0.3) is 0 Å². The lowest BCUT2D eigenvalue weighted by Crippen LogP contribution is -2.61. The molecule has 0 aromatic carbocycles. The fourth-order valence-corrected chi connectivity index (χ4v) is 7.17. The molecule has 0 aromatic heterocycles. The molecule has 11 atom stereocenters. The van der Waals surface area contributed by atoms with Crippen molar-refractivity contribution in [3.63, 3.8) is 0 Å². The number of hydrogen-bond donors (Lipinski definition) is 7. The van der Waals surface area contributed by atoms with Gasteiger partial charge in [0.15, 0.2) is 12.6 Å². The molecule has 2 heterocycles. The van der Waals surface area contributed by atoms with Crippen molar-refractivity contribution in [2.75, 3.05) is 33.0 Å². The Morgan fingerprint density at radius 3 is 1.45 bits per heavy atom. The first kappa shape index (κ1) is 51.1. The van der Waals surface area contributed by atoms with Crippen molar-refractivity contribution in [3.8, 4) is 0 Å². The summed E-state index contributed by atoms with van der Waals surface area (Å²) in [5.74, 6) is -0.376. The van der Waals surface area contributed by atoms with E-state index in [-0.39, 0.29) is 25.6 Å². The smallest absolute Gasteiger partial charge is 0.306 e. The molecule has 2 saturated heterocycles. The van der Waals surface area contributed by atoms with E-state index in [1.54, 1.807) is 0 Å². The SMILES string of the molecule is CCCCCCCCCCCCCCOCC(COC1OC(COC2OC(CO)C(O)C(O)C2O)C(O)C(O)C1O)OC(=O)CCCCCCCCCCCC. The predicted molar refractivity (Wildman–Crippen MR) is 211 cm³/mol. The number of unbranched alkanes of at least 4 members (excludes halogenated alkanes) is 20. The number of aliphatic hydroxyl groups excluding tert-OH is 7. The maximum Gasteiger partial charge on any atom is 0.306 e. The largest absolute Gasteiger partial charge is 0.457 e. The van der Waals surface area contributed by atoms with Gasteiger partial charge in [-0.3, -0.25) is 4.79 Å². The summed E-state index contributed by atoms with van der Waals surface area (Å²) in [4.78, 5) is 12.9. The van der Waals surface area contributed by atoms with Crippen LogP contribution in [0, 0.1) is 0 Å². The second kappa shape index (κ2) is 31.9. The van der Waals surface area contributed by atoms with E-state index in [0.717, 1.165) is 38.5 Å². The standard InChI is InChI=1S/C42H80O14/c1-3-5-7-9-11-13-15-16-18-20-22-24-26-51-28-31(54-34(44)25-23-21-19-17-14-12-10-8-6-4-2)29-52-41-40(50)38(48)36(46)33(56-41)30-53-42-39(49)37(47)35(45)32(27-43)55-42/h31-33,35-43,45-50H,3-30H2,1-2H3. The number of ether oxygens (including phenoxy) is 6. The van der Waals surface area contributed by atoms with E-state index in [1.807, 2.05) is 0 Å². The van der Waals surface area contributed by atoms with Crippen LogP contribution >= 0.6 is 0 Å². The highest BCUT2D eigenvalue weighted by Gasteiger charge is 2.47. The fraction of sp³-hybridized carbons (Fsp3) is 0.976. The molecule has 0 spiro atoms. The summed E-state index contributed by atoms with van der Waals surface area (Å²) < 4.78 is 34.1. The quantitative estimate of drug-likeness (QED) is 0.0351. The van der Waals surface area contributed by atoms with Crippen LogP contribution in [0.3, 0.4) is 0 Å². The average Bonchev–Trinajstić information content (AvgIpc) is 3.19. The first-order valence-corrected chi connectivity index (χ1v) is 22.1. The Labute approximate surface area is 336 Å². The second-order valence-electron chi connectivity index (χ2n) is 15.9. The van der Waals surface area contributed by atoms with Crippen molar-refractivity contribution >= 4 is 5.97 Å².